The summed E-state index contributed by atoms with van der Waals surface area (Å²) in [6.45, 7) is 1.33. The van der Waals surface area contributed by atoms with E-state index in [1.165, 1.54) is 0 Å². The van der Waals surface area contributed by atoms with Gasteiger partial charge in [-0.1, -0.05) is 0 Å². The highest BCUT2D eigenvalue weighted by molar-refractivity contribution is 5.66. The Hall–Kier alpha value is -0.730. The molecule has 0 aliphatic carbocycles. The molecule has 7 nitrogen and oxygen atoms in total. The maximum absolute atomic E-state index is 9.78. The molecule has 2 heterocycles. The Bertz CT molecular complexity index is 272. The van der Waals surface area contributed by atoms with Crippen molar-refractivity contribution < 1.29 is 29.9 Å². The zero-order valence-corrected chi connectivity index (χ0v) is 8.25. The van der Waals surface area contributed by atoms with Gasteiger partial charge in [0.05, 0.1) is 13.5 Å². The van der Waals surface area contributed by atoms with Crippen molar-refractivity contribution in [3.63, 3.8) is 0 Å². The summed E-state index contributed by atoms with van der Waals surface area (Å²) in [6.07, 6.45) is -3.54. The van der Waals surface area contributed by atoms with Crippen molar-refractivity contribution in [3.8, 4) is 0 Å². The second-order valence-electron chi connectivity index (χ2n) is 3.71. The fraction of sp³-hybridized carbons (Fsp3) is 0.875. The maximum Gasteiger partial charge on any atom is 0.350 e. The topological polar surface area (TPSA) is 105 Å². The Kier molecular flexibility index (Phi) is 2.89. The van der Waals surface area contributed by atoms with Crippen LogP contribution in [0.15, 0.2) is 0 Å². The normalized spacial score (nSPS) is 45.3. The van der Waals surface area contributed by atoms with E-state index in [2.05, 4.69) is 10.5 Å². The van der Waals surface area contributed by atoms with Gasteiger partial charge in [0.25, 0.3) is 0 Å². The lowest BCUT2D eigenvalue weighted by molar-refractivity contribution is -0.571. The van der Waals surface area contributed by atoms with E-state index in [4.69, 9.17) is 14.7 Å². The second kappa shape index (κ2) is 4.03. The first-order chi connectivity index (χ1) is 7.13. The predicted octanol–water partition coefficient (Wildman–Crippen LogP) is -4.17. The molecule has 2 aliphatic rings. The highest BCUT2D eigenvalue weighted by atomic mass is 16.7. The number of ether oxygens (including phenoxy) is 1. The van der Waals surface area contributed by atoms with Crippen molar-refractivity contribution in [3.05, 3.63) is 0 Å². The lowest BCUT2D eigenvalue weighted by Gasteiger charge is -2.39. The van der Waals surface area contributed by atoms with Crippen molar-refractivity contribution in [1.29, 1.82) is 0 Å². The van der Waals surface area contributed by atoms with Crippen molar-refractivity contribution in [2.24, 2.45) is 0 Å². The SMILES string of the molecule is CC1=[NH+][C@@H]2[C@@H](O)[C@H](O)[C@@H](CO)O[C@H]2NO1. The van der Waals surface area contributed by atoms with Gasteiger partial charge in [-0.25, -0.2) is 4.99 Å². The molecule has 0 aromatic rings. The van der Waals surface area contributed by atoms with E-state index in [0.29, 0.717) is 5.90 Å². The molecule has 0 bridgehead atoms. The van der Waals surface area contributed by atoms with E-state index in [0.717, 1.165) is 0 Å². The van der Waals surface area contributed by atoms with E-state index >= 15 is 0 Å². The molecule has 0 amide bonds. The molecule has 15 heavy (non-hydrogen) atoms. The van der Waals surface area contributed by atoms with Crippen LogP contribution >= 0.6 is 0 Å². The molecular weight excluding hydrogens is 204 g/mol. The average Bonchev–Trinajstić information content (AvgIpc) is 2.24. The first-order valence-corrected chi connectivity index (χ1v) is 4.78. The Balaban J connectivity index is 2.17. The number of hydroxylamine groups is 1. The number of hydrogen-bond donors (Lipinski definition) is 5. The van der Waals surface area contributed by atoms with Gasteiger partial charge in [-0.2, -0.15) is 0 Å². The smallest absolute Gasteiger partial charge is 0.350 e. The summed E-state index contributed by atoms with van der Waals surface area (Å²) in [5.74, 6) is 0.494. The van der Waals surface area contributed by atoms with Crippen LogP contribution in [0.4, 0.5) is 0 Å². The quantitative estimate of drug-likeness (QED) is 0.306. The Morgan fingerprint density at radius 3 is 2.80 bits per heavy atom. The Labute approximate surface area is 86.3 Å². The number of hydrogen-bond acceptors (Lipinski definition) is 6. The van der Waals surface area contributed by atoms with E-state index < -0.39 is 30.6 Å². The summed E-state index contributed by atoms with van der Waals surface area (Å²) in [5, 5.41) is 28.3. The minimum atomic E-state index is -1.11. The number of nitrogens with one attached hydrogen (secondary N) is 2. The van der Waals surface area contributed by atoms with Crippen LogP contribution in [0.1, 0.15) is 6.92 Å². The molecule has 1 fully saturated rings. The van der Waals surface area contributed by atoms with E-state index in [1.807, 2.05) is 0 Å². The molecule has 7 heteroatoms. The molecule has 5 N–H and O–H groups in total. The summed E-state index contributed by atoms with van der Waals surface area (Å²) in [6, 6.07) is -0.489. The summed E-state index contributed by atoms with van der Waals surface area (Å²) in [7, 11) is 0. The number of aliphatic hydroxyl groups excluding tert-OH is 3. The van der Waals surface area contributed by atoms with Crippen LogP contribution in [0, 0.1) is 0 Å². The third kappa shape index (κ3) is 1.84. The lowest BCUT2D eigenvalue weighted by Crippen LogP contribution is -2.93. The highest BCUT2D eigenvalue weighted by Crippen LogP contribution is 2.18. The molecular formula is C8H15N2O5+. The maximum atomic E-state index is 9.78. The third-order valence-corrected chi connectivity index (χ3v) is 2.62. The summed E-state index contributed by atoms with van der Waals surface area (Å²) in [5.41, 5.74) is 2.58. The summed E-state index contributed by atoms with van der Waals surface area (Å²) in [4.78, 5) is 7.84. The van der Waals surface area contributed by atoms with Gasteiger partial charge < -0.3 is 24.9 Å². The zero-order valence-electron chi connectivity index (χ0n) is 8.25. The first kappa shape index (κ1) is 10.8. The molecule has 2 aliphatic heterocycles. The fourth-order valence-corrected chi connectivity index (χ4v) is 1.79. The standard InChI is InChI=1S/C8H14N2O5/c1-3-9-5-7(13)6(12)4(2-11)14-8(5)10-15-3/h4-8,10-13H,2H2,1H3/p+1/t4-,5-,6-,7-,8-/m1/s1. The van der Waals surface area contributed by atoms with Crippen molar-refractivity contribution in [2.45, 2.75) is 37.5 Å². The van der Waals surface area contributed by atoms with E-state index in [-0.39, 0.29) is 6.61 Å². The van der Waals surface area contributed by atoms with Gasteiger partial charge in [0, 0.05) is 0 Å². The average molecular weight is 219 g/mol. The number of aliphatic hydroxyl groups is 3. The van der Waals surface area contributed by atoms with E-state index in [9.17, 15) is 10.2 Å². The van der Waals surface area contributed by atoms with Crippen LogP contribution in [0.5, 0.6) is 0 Å². The second-order valence-corrected chi connectivity index (χ2v) is 3.71. The molecule has 0 unspecified atom stereocenters. The van der Waals surface area contributed by atoms with Crippen molar-refractivity contribution >= 4 is 5.90 Å². The van der Waals surface area contributed by atoms with Gasteiger partial charge in [-0.15, -0.1) is 5.48 Å². The van der Waals surface area contributed by atoms with Gasteiger partial charge in [-0.05, 0) is 0 Å². The number of rotatable bonds is 1. The predicted molar refractivity (Wildman–Crippen MR) is 47.4 cm³/mol. The van der Waals surface area contributed by atoms with Crippen LogP contribution in [-0.4, -0.2) is 58.4 Å². The molecule has 0 radical (unpaired) electrons. The molecule has 0 spiro atoms. The van der Waals surface area contributed by atoms with Gasteiger partial charge in [0.2, 0.25) is 12.3 Å². The van der Waals surface area contributed by atoms with Crippen LogP contribution < -0.4 is 10.5 Å². The first-order valence-electron chi connectivity index (χ1n) is 4.78. The minimum Gasteiger partial charge on any atom is -0.394 e. The Morgan fingerprint density at radius 1 is 1.40 bits per heavy atom. The van der Waals surface area contributed by atoms with Crippen molar-refractivity contribution in [1.82, 2.24) is 5.48 Å². The van der Waals surface area contributed by atoms with Crippen LogP contribution in [0.2, 0.25) is 0 Å². The molecule has 5 atom stereocenters. The van der Waals surface area contributed by atoms with Crippen LogP contribution in [-0.2, 0) is 9.57 Å². The summed E-state index contributed by atoms with van der Waals surface area (Å²) < 4.78 is 5.30. The van der Waals surface area contributed by atoms with Crippen molar-refractivity contribution in [2.75, 3.05) is 6.61 Å². The fourth-order valence-electron chi connectivity index (χ4n) is 1.79. The molecule has 1 saturated heterocycles. The van der Waals surface area contributed by atoms with Crippen LogP contribution in [0.25, 0.3) is 0 Å². The van der Waals surface area contributed by atoms with Gasteiger partial charge >= 0.3 is 5.90 Å². The molecule has 0 aromatic heterocycles. The lowest BCUT2D eigenvalue weighted by atomic mass is 9.96. The summed E-state index contributed by atoms with van der Waals surface area (Å²) >= 11 is 0. The molecule has 0 saturated carbocycles. The van der Waals surface area contributed by atoms with Crippen LogP contribution in [0.3, 0.4) is 0 Å². The van der Waals surface area contributed by atoms with E-state index in [1.54, 1.807) is 6.92 Å². The third-order valence-electron chi connectivity index (χ3n) is 2.62. The van der Waals surface area contributed by atoms with Gasteiger partial charge in [0.15, 0.2) is 0 Å². The van der Waals surface area contributed by atoms with Gasteiger partial charge in [0.1, 0.15) is 18.3 Å². The monoisotopic (exact) mass is 219 g/mol. The molecule has 0 aromatic carbocycles. The molecule has 2 rings (SSSR count). The minimum absolute atomic E-state index is 0.355. The van der Waals surface area contributed by atoms with Gasteiger partial charge in [-0.3, -0.25) is 0 Å². The zero-order chi connectivity index (χ0) is 11.0. The molecule has 86 valence electrons. The largest absolute Gasteiger partial charge is 0.394 e. The number of fused-ring (bicyclic) bond motifs is 1. The highest BCUT2D eigenvalue weighted by Gasteiger charge is 2.49. The Morgan fingerprint density at radius 2 is 2.13 bits per heavy atom.